The Labute approximate surface area is 190 Å². The largest absolute Gasteiger partial charge is 0.383 e. The minimum Gasteiger partial charge on any atom is -0.383 e. The molecule has 6 heteroatoms. The first-order valence-corrected chi connectivity index (χ1v) is 11.6. The molecule has 2 aliphatic rings. The molecule has 0 radical (unpaired) electrons. The second kappa shape index (κ2) is 9.17. The predicted octanol–water partition coefficient (Wildman–Crippen LogP) is 4.60. The number of piperidine rings is 1. The lowest BCUT2D eigenvalue weighted by Crippen LogP contribution is -2.41. The lowest BCUT2D eigenvalue weighted by Gasteiger charge is -2.37. The molecule has 1 atom stereocenters. The van der Waals surface area contributed by atoms with E-state index in [0.717, 1.165) is 36.6 Å². The van der Waals surface area contributed by atoms with Crippen molar-refractivity contribution in [2.24, 2.45) is 0 Å². The molecule has 0 spiro atoms. The minimum absolute atomic E-state index is 0.0729. The first kappa shape index (κ1) is 20.8. The van der Waals surface area contributed by atoms with Gasteiger partial charge in [0.25, 0.3) is 0 Å². The maximum Gasteiger partial charge on any atom is 0.230 e. The van der Waals surface area contributed by atoms with Crippen LogP contribution in [0.3, 0.4) is 0 Å². The Hall–Kier alpha value is -3.12. The van der Waals surface area contributed by atoms with Crippen LogP contribution in [0.2, 0.25) is 0 Å². The molecule has 5 rings (SSSR count). The van der Waals surface area contributed by atoms with Gasteiger partial charge in [-0.1, -0.05) is 60.2 Å². The summed E-state index contributed by atoms with van der Waals surface area (Å²) in [5, 5.41) is 0. The lowest BCUT2D eigenvalue weighted by atomic mass is 10.0. The molecule has 2 aliphatic heterocycles. The maximum absolute atomic E-state index is 6.65. The first-order chi connectivity index (χ1) is 15.7. The highest BCUT2D eigenvalue weighted by molar-refractivity contribution is 5.85. The Morgan fingerprint density at radius 1 is 0.906 bits per heavy atom. The van der Waals surface area contributed by atoms with Crippen molar-refractivity contribution in [3.05, 3.63) is 65.7 Å². The van der Waals surface area contributed by atoms with Gasteiger partial charge in [0.1, 0.15) is 11.6 Å². The van der Waals surface area contributed by atoms with E-state index in [-0.39, 0.29) is 6.04 Å². The van der Waals surface area contributed by atoms with E-state index >= 15 is 0 Å². The van der Waals surface area contributed by atoms with Crippen molar-refractivity contribution in [1.82, 2.24) is 9.97 Å². The quantitative estimate of drug-likeness (QED) is 0.654. The van der Waals surface area contributed by atoms with Crippen molar-refractivity contribution in [1.29, 1.82) is 0 Å². The summed E-state index contributed by atoms with van der Waals surface area (Å²) in [6, 6.07) is 19.0. The molecule has 3 heterocycles. The zero-order valence-electron chi connectivity index (χ0n) is 18.7. The summed E-state index contributed by atoms with van der Waals surface area (Å²) in [5.74, 6) is 2.18. The fourth-order valence-corrected chi connectivity index (χ4v) is 4.71. The van der Waals surface area contributed by atoms with Crippen LogP contribution in [0.25, 0.3) is 11.1 Å². The van der Waals surface area contributed by atoms with Crippen LogP contribution in [-0.4, -0.2) is 42.8 Å². The number of hydrogen-bond donors (Lipinski definition) is 1. The van der Waals surface area contributed by atoms with Gasteiger partial charge in [0.2, 0.25) is 5.95 Å². The minimum atomic E-state index is 0.0729. The smallest absolute Gasteiger partial charge is 0.230 e. The molecule has 2 fully saturated rings. The third-order valence-corrected chi connectivity index (χ3v) is 6.47. The molecule has 6 nitrogen and oxygen atoms in total. The first-order valence-electron chi connectivity index (χ1n) is 11.6. The number of ether oxygens (including phenoxy) is 1. The fourth-order valence-electron chi connectivity index (χ4n) is 4.71. The third-order valence-electron chi connectivity index (χ3n) is 6.47. The van der Waals surface area contributed by atoms with Crippen molar-refractivity contribution in [2.45, 2.75) is 32.2 Å². The summed E-state index contributed by atoms with van der Waals surface area (Å²) in [7, 11) is 0. The van der Waals surface area contributed by atoms with Gasteiger partial charge in [-0.15, -0.1) is 0 Å². The van der Waals surface area contributed by atoms with Crippen molar-refractivity contribution in [2.75, 3.05) is 48.4 Å². The second-order valence-electron chi connectivity index (χ2n) is 8.72. The molecule has 32 heavy (non-hydrogen) atoms. The van der Waals surface area contributed by atoms with E-state index in [1.807, 2.05) is 6.07 Å². The van der Waals surface area contributed by atoms with Crippen molar-refractivity contribution >= 4 is 17.6 Å². The molecule has 1 unspecified atom stereocenters. The predicted molar refractivity (Wildman–Crippen MR) is 130 cm³/mol. The van der Waals surface area contributed by atoms with Crippen LogP contribution in [0, 0.1) is 6.92 Å². The topological polar surface area (TPSA) is 67.5 Å². The number of morpholine rings is 1. The number of nitrogens with zero attached hydrogens (tertiary/aromatic N) is 4. The summed E-state index contributed by atoms with van der Waals surface area (Å²) in [6.45, 7) is 6.11. The molecule has 2 N–H and O–H groups in total. The van der Waals surface area contributed by atoms with E-state index in [0.29, 0.717) is 25.0 Å². The van der Waals surface area contributed by atoms with Crippen LogP contribution in [0.5, 0.6) is 0 Å². The number of hydrogen-bond acceptors (Lipinski definition) is 6. The van der Waals surface area contributed by atoms with E-state index in [2.05, 4.69) is 65.3 Å². The molecule has 1 aromatic heterocycles. The van der Waals surface area contributed by atoms with Crippen LogP contribution in [0.1, 0.15) is 36.4 Å². The number of benzene rings is 2. The maximum atomic E-state index is 6.65. The highest BCUT2D eigenvalue weighted by atomic mass is 16.5. The monoisotopic (exact) mass is 429 g/mol. The average molecular weight is 430 g/mol. The van der Waals surface area contributed by atoms with Crippen LogP contribution in [-0.2, 0) is 4.74 Å². The van der Waals surface area contributed by atoms with Gasteiger partial charge in [0, 0.05) is 19.6 Å². The standard InChI is InChI=1S/C26H31N5O/c1-19-10-12-21(13-11-19)23-24(27)28-26(29-25(23)30-14-6-3-7-15-30)31-16-17-32-18-22(31)20-8-4-2-5-9-20/h2,4-5,8-13,22H,3,6-7,14-18H2,1H3,(H2,27,28,29). The van der Waals surface area contributed by atoms with Crippen LogP contribution >= 0.6 is 0 Å². The number of anilines is 3. The highest BCUT2D eigenvalue weighted by Gasteiger charge is 2.29. The van der Waals surface area contributed by atoms with E-state index in [1.54, 1.807) is 0 Å². The Kier molecular flexibility index (Phi) is 5.95. The van der Waals surface area contributed by atoms with Crippen LogP contribution < -0.4 is 15.5 Å². The van der Waals surface area contributed by atoms with E-state index in [1.165, 1.54) is 30.4 Å². The van der Waals surface area contributed by atoms with Crippen molar-refractivity contribution in [3.63, 3.8) is 0 Å². The van der Waals surface area contributed by atoms with Gasteiger partial charge >= 0.3 is 0 Å². The molecule has 166 valence electrons. The summed E-state index contributed by atoms with van der Waals surface area (Å²) in [6.07, 6.45) is 3.62. The number of aryl methyl sites for hydroxylation is 1. The Balaban J connectivity index is 1.60. The average Bonchev–Trinajstić information content (AvgIpc) is 2.85. The normalized spacial score (nSPS) is 19.2. The van der Waals surface area contributed by atoms with Gasteiger partial charge < -0.3 is 20.3 Å². The van der Waals surface area contributed by atoms with Gasteiger partial charge in [0.15, 0.2) is 0 Å². The summed E-state index contributed by atoms with van der Waals surface area (Å²) in [5.41, 5.74) is 11.1. The van der Waals surface area contributed by atoms with Crippen LogP contribution in [0.4, 0.5) is 17.6 Å². The molecule has 0 aliphatic carbocycles. The van der Waals surface area contributed by atoms with Gasteiger partial charge in [-0.2, -0.15) is 9.97 Å². The van der Waals surface area contributed by atoms with Crippen LogP contribution in [0.15, 0.2) is 54.6 Å². The Morgan fingerprint density at radius 3 is 2.41 bits per heavy atom. The van der Waals surface area contributed by atoms with Gasteiger partial charge in [0.05, 0.1) is 24.8 Å². The molecule has 3 aromatic rings. The van der Waals surface area contributed by atoms with E-state index in [4.69, 9.17) is 20.4 Å². The van der Waals surface area contributed by atoms with Gasteiger partial charge in [-0.05, 0) is 37.3 Å². The number of nitrogens with two attached hydrogens (primary N) is 1. The lowest BCUT2D eigenvalue weighted by molar-refractivity contribution is 0.0933. The van der Waals surface area contributed by atoms with E-state index in [9.17, 15) is 0 Å². The zero-order valence-corrected chi connectivity index (χ0v) is 18.7. The SMILES string of the molecule is Cc1ccc(-c2c(N)nc(N3CCOCC3c3ccccc3)nc2N2CCCCC2)cc1. The fraction of sp³-hybridized carbons (Fsp3) is 0.385. The Bertz CT molecular complexity index is 1050. The molecule has 0 saturated carbocycles. The molecular formula is C26H31N5O. The van der Waals surface area contributed by atoms with Gasteiger partial charge in [-0.3, -0.25) is 0 Å². The summed E-state index contributed by atoms with van der Waals surface area (Å²) >= 11 is 0. The molecule has 2 saturated heterocycles. The highest BCUT2D eigenvalue weighted by Crippen LogP contribution is 2.38. The zero-order chi connectivity index (χ0) is 21.9. The second-order valence-corrected chi connectivity index (χ2v) is 8.72. The molecule has 2 aromatic carbocycles. The van der Waals surface area contributed by atoms with Crippen molar-refractivity contribution < 1.29 is 4.74 Å². The Morgan fingerprint density at radius 2 is 1.66 bits per heavy atom. The number of aromatic nitrogens is 2. The molecule has 0 amide bonds. The summed E-state index contributed by atoms with van der Waals surface area (Å²) < 4.78 is 5.83. The number of nitrogen functional groups attached to an aromatic ring is 1. The van der Waals surface area contributed by atoms with Crippen molar-refractivity contribution in [3.8, 4) is 11.1 Å². The molecular weight excluding hydrogens is 398 g/mol. The van der Waals surface area contributed by atoms with Gasteiger partial charge in [-0.25, -0.2) is 0 Å². The molecule has 0 bridgehead atoms. The van der Waals surface area contributed by atoms with E-state index < -0.39 is 0 Å². The number of rotatable bonds is 4. The third kappa shape index (κ3) is 4.15. The summed E-state index contributed by atoms with van der Waals surface area (Å²) in [4.78, 5) is 14.6.